The van der Waals surface area contributed by atoms with E-state index in [-0.39, 0.29) is 0 Å². The van der Waals surface area contributed by atoms with Crippen LogP contribution in [-0.2, 0) is 4.79 Å². The van der Waals surface area contributed by atoms with Crippen LogP contribution in [0.25, 0.3) is 6.08 Å². The third-order valence-electron chi connectivity index (χ3n) is 1.34. The highest BCUT2D eigenvalue weighted by atomic mass is 35.5. The molecule has 0 atom stereocenters. The van der Waals surface area contributed by atoms with Crippen LogP contribution in [0, 0.1) is 0 Å². The van der Waals surface area contributed by atoms with Gasteiger partial charge in [0.1, 0.15) is 6.29 Å². The Morgan fingerprint density at radius 1 is 1.25 bits per heavy atom. The molecule has 12 heavy (non-hydrogen) atoms. The molecule has 0 aliphatic carbocycles. The molecule has 1 aromatic rings. The number of rotatable bonds is 2. The first kappa shape index (κ1) is 9.30. The van der Waals surface area contributed by atoms with Gasteiger partial charge in [0.2, 0.25) is 0 Å². The van der Waals surface area contributed by atoms with Crippen molar-refractivity contribution in [1.29, 1.82) is 0 Å². The van der Waals surface area contributed by atoms with Gasteiger partial charge in [-0.3, -0.25) is 4.79 Å². The standard InChI is InChI=1S/C9H6Cl2O/c10-8-5-1-3-7(9(8)11)4-2-6-12/h1-6H/b4-2+. The minimum atomic E-state index is 0.470. The molecule has 0 fully saturated rings. The number of aldehydes is 1. The SMILES string of the molecule is O=C/C=C/c1cccc(Cl)c1Cl. The molecule has 0 aliphatic rings. The van der Waals surface area contributed by atoms with Crippen LogP contribution in [0.3, 0.4) is 0 Å². The lowest BCUT2D eigenvalue weighted by Gasteiger charge is -1.98. The van der Waals surface area contributed by atoms with Crippen LogP contribution < -0.4 is 0 Å². The van der Waals surface area contributed by atoms with E-state index in [1.807, 2.05) is 0 Å². The molecule has 62 valence electrons. The van der Waals surface area contributed by atoms with Crippen molar-refractivity contribution in [2.75, 3.05) is 0 Å². The Bertz CT molecular complexity index is 318. The zero-order valence-electron chi connectivity index (χ0n) is 6.13. The number of hydrogen-bond donors (Lipinski definition) is 0. The highest BCUT2D eigenvalue weighted by molar-refractivity contribution is 6.42. The Kier molecular flexibility index (Phi) is 3.32. The van der Waals surface area contributed by atoms with Crippen molar-refractivity contribution in [3.8, 4) is 0 Å². The summed E-state index contributed by atoms with van der Waals surface area (Å²) in [5.74, 6) is 0. The molecule has 0 saturated carbocycles. The number of carbonyl (C=O) groups excluding carboxylic acids is 1. The van der Waals surface area contributed by atoms with Crippen molar-refractivity contribution in [2.45, 2.75) is 0 Å². The lowest BCUT2D eigenvalue weighted by Crippen LogP contribution is -1.75. The topological polar surface area (TPSA) is 17.1 Å². The number of carbonyl (C=O) groups is 1. The summed E-state index contributed by atoms with van der Waals surface area (Å²) in [6.07, 6.45) is 3.68. The Labute approximate surface area is 80.6 Å². The second kappa shape index (κ2) is 4.29. The lowest BCUT2D eigenvalue weighted by atomic mass is 10.2. The summed E-state index contributed by atoms with van der Waals surface area (Å²) in [5.41, 5.74) is 0.747. The Balaban J connectivity index is 3.07. The maximum Gasteiger partial charge on any atom is 0.142 e. The number of halogens is 2. The molecule has 0 aromatic heterocycles. The van der Waals surface area contributed by atoms with Crippen molar-refractivity contribution in [2.24, 2.45) is 0 Å². The number of allylic oxidation sites excluding steroid dienone is 1. The van der Waals surface area contributed by atoms with Crippen LogP contribution in [0.1, 0.15) is 5.56 Å². The molecule has 0 amide bonds. The van der Waals surface area contributed by atoms with Gasteiger partial charge in [0.25, 0.3) is 0 Å². The molecule has 0 radical (unpaired) electrons. The molecule has 0 saturated heterocycles. The molecular formula is C9H6Cl2O. The summed E-state index contributed by atoms with van der Waals surface area (Å²) >= 11 is 11.6. The highest BCUT2D eigenvalue weighted by Gasteiger charge is 1.99. The first-order chi connectivity index (χ1) is 5.75. The summed E-state index contributed by atoms with van der Waals surface area (Å²) in [7, 11) is 0. The van der Waals surface area contributed by atoms with E-state index in [4.69, 9.17) is 23.2 Å². The molecule has 1 nitrogen and oxygen atoms in total. The van der Waals surface area contributed by atoms with Crippen molar-refractivity contribution in [3.05, 3.63) is 39.9 Å². The summed E-state index contributed by atoms with van der Waals surface area (Å²) < 4.78 is 0. The smallest absolute Gasteiger partial charge is 0.142 e. The van der Waals surface area contributed by atoms with Crippen LogP contribution in [0.2, 0.25) is 10.0 Å². The molecule has 0 N–H and O–H groups in total. The Hall–Kier alpha value is -0.790. The van der Waals surface area contributed by atoms with Crippen molar-refractivity contribution >= 4 is 35.6 Å². The zero-order valence-corrected chi connectivity index (χ0v) is 7.64. The Morgan fingerprint density at radius 3 is 2.67 bits per heavy atom. The van der Waals surface area contributed by atoms with Gasteiger partial charge in [-0.1, -0.05) is 41.4 Å². The maximum absolute atomic E-state index is 10.0. The molecular weight excluding hydrogens is 195 g/mol. The third-order valence-corrected chi connectivity index (χ3v) is 2.17. The largest absolute Gasteiger partial charge is 0.299 e. The average molecular weight is 201 g/mol. The molecule has 0 bridgehead atoms. The van der Waals surface area contributed by atoms with Gasteiger partial charge in [0, 0.05) is 0 Å². The van der Waals surface area contributed by atoms with Gasteiger partial charge in [-0.2, -0.15) is 0 Å². The van der Waals surface area contributed by atoms with E-state index in [0.29, 0.717) is 16.3 Å². The second-order valence-corrected chi connectivity index (χ2v) is 2.92. The normalized spacial score (nSPS) is 10.5. The van der Waals surface area contributed by atoms with E-state index in [1.54, 1.807) is 24.3 Å². The zero-order chi connectivity index (χ0) is 8.97. The molecule has 0 aliphatic heterocycles. The summed E-state index contributed by atoms with van der Waals surface area (Å²) in [6, 6.07) is 5.26. The van der Waals surface area contributed by atoms with Gasteiger partial charge in [0.15, 0.2) is 0 Å². The monoisotopic (exact) mass is 200 g/mol. The molecule has 3 heteroatoms. The molecule has 1 rings (SSSR count). The fourth-order valence-electron chi connectivity index (χ4n) is 0.792. The third kappa shape index (κ3) is 2.10. The quantitative estimate of drug-likeness (QED) is 0.530. The van der Waals surface area contributed by atoms with Crippen LogP contribution in [-0.4, -0.2) is 6.29 Å². The fourth-order valence-corrected chi connectivity index (χ4v) is 1.16. The van der Waals surface area contributed by atoms with E-state index in [0.717, 1.165) is 5.56 Å². The predicted molar refractivity (Wildman–Crippen MR) is 51.6 cm³/mol. The summed E-state index contributed by atoms with van der Waals surface area (Å²) in [5, 5.41) is 0.960. The van der Waals surface area contributed by atoms with Gasteiger partial charge >= 0.3 is 0 Å². The average Bonchev–Trinajstić information content (AvgIpc) is 2.08. The van der Waals surface area contributed by atoms with Crippen LogP contribution in [0.4, 0.5) is 0 Å². The number of hydrogen-bond acceptors (Lipinski definition) is 1. The van der Waals surface area contributed by atoms with E-state index in [1.165, 1.54) is 6.08 Å². The van der Waals surface area contributed by atoms with Gasteiger partial charge in [-0.15, -0.1) is 0 Å². The molecule has 0 spiro atoms. The van der Waals surface area contributed by atoms with E-state index in [2.05, 4.69) is 0 Å². The van der Waals surface area contributed by atoms with E-state index >= 15 is 0 Å². The van der Waals surface area contributed by atoms with Gasteiger partial charge in [0.05, 0.1) is 10.0 Å². The van der Waals surface area contributed by atoms with Crippen molar-refractivity contribution in [3.63, 3.8) is 0 Å². The lowest BCUT2D eigenvalue weighted by molar-refractivity contribution is -0.104. The van der Waals surface area contributed by atoms with Gasteiger partial charge in [-0.25, -0.2) is 0 Å². The van der Waals surface area contributed by atoms with E-state index < -0.39 is 0 Å². The summed E-state index contributed by atoms with van der Waals surface area (Å²) in [6.45, 7) is 0. The minimum Gasteiger partial charge on any atom is -0.299 e. The van der Waals surface area contributed by atoms with Crippen molar-refractivity contribution in [1.82, 2.24) is 0 Å². The fraction of sp³-hybridized carbons (Fsp3) is 0. The summed E-state index contributed by atoms with van der Waals surface area (Å²) in [4.78, 5) is 10.0. The molecule has 1 aromatic carbocycles. The van der Waals surface area contributed by atoms with Crippen molar-refractivity contribution < 1.29 is 4.79 Å². The predicted octanol–water partition coefficient (Wildman–Crippen LogP) is 3.21. The Morgan fingerprint density at radius 2 is 2.00 bits per heavy atom. The van der Waals surface area contributed by atoms with E-state index in [9.17, 15) is 4.79 Å². The van der Waals surface area contributed by atoms with Crippen LogP contribution in [0.5, 0.6) is 0 Å². The molecule has 0 heterocycles. The first-order valence-corrected chi connectivity index (χ1v) is 4.07. The van der Waals surface area contributed by atoms with Gasteiger partial charge in [-0.05, 0) is 17.7 Å². The molecule has 0 unspecified atom stereocenters. The number of benzene rings is 1. The van der Waals surface area contributed by atoms with Crippen LogP contribution >= 0.6 is 23.2 Å². The second-order valence-electron chi connectivity index (χ2n) is 2.14. The highest BCUT2D eigenvalue weighted by Crippen LogP contribution is 2.26. The minimum absolute atomic E-state index is 0.470. The van der Waals surface area contributed by atoms with Gasteiger partial charge < -0.3 is 0 Å². The first-order valence-electron chi connectivity index (χ1n) is 3.31. The van der Waals surface area contributed by atoms with Crippen LogP contribution in [0.15, 0.2) is 24.3 Å². The maximum atomic E-state index is 10.0.